The van der Waals surface area contributed by atoms with Crippen molar-refractivity contribution in [3.05, 3.63) is 39.5 Å². The quantitative estimate of drug-likeness (QED) is 0.588. The largest absolute Gasteiger partial charge is 0.416 e. The lowest BCUT2D eigenvalue weighted by molar-refractivity contribution is -0.137. The molecule has 1 atom stereocenters. The normalized spacial score (nSPS) is 18.0. The zero-order valence-electron chi connectivity index (χ0n) is 15.8. The molecule has 3 nitrogen and oxygen atoms in total. The van der Waals surface area contributed by atoms with Crippen molar-refractivity contribution in [2.45, 2.75) is 58.3 Å². The molecular formula is C20H22F4N2OS. The molecule has 1 aromatic heterocycles. The second-order valence-electron chi connectivity index (χ2n) is 7.16. The molecule has 0 N–H and O–H groups in total. The van der Waals surface area contributed by atoms with Crippen LogP contribution >= 0.6 is 11.3 Å². The maximum Gasteiger partial charge on any atom is 0.416 e. The van der Waals surface area contributed by atoms with Gasteiger partial charge in [0.1, 0.15) is 16.6 Å². The average Bonchev–Trinajstić information content (AvgIpc) is 3.20. The number of aromatic nitrogens is 1. The number of halogens is 4. The molecule has 1 saturated heterocycles. The molecule has 152 valence electrons. The highest BCUT2D eigenvalue weighted by Gasteiger charge is 2.32. The summed E-state index contributed by atoms with van der Waals surface area (Å²) in [5, 5.41) is 0.544. The van der Waals surface area contributed by atoms with E-state index < -0.39 is 17.6 Å². The fraction of sp³-hybridized carbons (Fsp3) is 0.500. The van der Waals surface area contributed by atoms with E-state index >= 15 is 0 Å². The van der Waals surface area contributed by atoms with Crippen LogP contribution in [0, 0.1) is 5.82 Å². The maximum absolute atomic E-state index is 13.9. The third kappa shape index (κ3) is 4.78. The van der Waals surface area contributed by atoms with E-state index in [1.54, 1.807) is 0 Å². The second kappa shape index (κ2) is 8.29. The lowest BCUT2D eigenvalue weighted by Crippen LogP contribution is -2.28. The lowest BCUT2D eigenvalue weighted by atomic mass is 10.1. The van der Waals surface area contributed by atoms with Crippen LogP contribution < -0.4 is 0 Å². The van der Waals surface area contributed by atoms with Crippen LogP contribution in [0.5, 0.6) is 0 Å². The van der Waals surface area contributed by atoms with Crippen LogP contribution in [0.1, 0.15) is 48.6 Å². The Morgan fingerprint density at radius 2 is 2.07 bits per heavy atom. The van der Waals surface area contributed by atoms with Crippen LogP contribution in [0.25, 0.3) is 11.3 Å². The fourth-order valence-corrected chi connectivity index (χ4v) is 4.85. The number of carbonyl (C=O) groups is 1. The number of nitrogens with zero attached hydrogens (tertiary/aromatic N) is 2. The van der Waals surface area contributed by atoms with Crippen molar-refractivity contribution in [3.8, 4) is 11.3 Å². The molecule has 0 spiro atoms. The Morgan fingerprint density at radius 3 is 2.71 bits per heavy atom. The first-order valence-electron chi connectivity index (χ1n) is 9.27. The maximum atomic E-state index is 13.9. The van der Waals surface area contributed by atoms with E-state index in [4.69, 9.17) is 0 Å². The molecule has 0 bridgehead atoms. The molecule has 0 radical (unpaired) electrons. The van der Waals surface area contributed by atoms with Crippen molar-refractivity contribution in [2.75, 3.05) is 6.54 Å². The van der Waals surface area contributed by atoms with E-state index in [9.17, 15) is 22.4 Å². The van der Waals surface area contributed by atoms with Gasteiger partial charge in [0, 0.05) is 23.0 Å². The van der Waals surface area contributed by atoms with Crippen LogP contribution in [0.15, 0.2) is 18.2 Å². The van der Waals surface area contributed by atoms with E-state index in [1.165, 1.54) is 18.3 Å². The van der Waals surface area contributed by atoms with Crippen molar-refractivity contribution < 1.29 is 22.4 Å². The van der Waals surface area contributed by atoms with Gasteiger partial charge in [-0.3, -0.25) is 9.69 Å². The van der Waals surface area contributed by atoms with Crippen molar-refractivity contribution >= 4 is 17.1 Å². The van der Waals surface area contributed by atoms with Crippen LogP contribution in [-0.2, 0) is 23.9 Å². The Morgan fingerprint density at radius 1 is 1.32 bits per heavy atom. The molecule has 28 heavy (non-hydrogen) atoms. The predicted octanol–water partition coefficient (Wildman–Crippen LogP) is 5.47. The Bertz CT molecular complexity index is 862. The first-order chi connectivity index (χ1) is 13.2. The third-order valence-electron chi connectivity index (χ3n) is 4.96. The smallest absolute Gasteiger partial charge is 0.300 e. The first-order valence-corrected chi connectivity index (χ1v) is 10.1. The number of ketones is 1. The summed E-state index contributed by atoms with van der Waals surface area (Å²) in [5.74, 6) is -1.03. The molecule has 3 rings (SSSR count). The summed E-state index contributed by atoms with van der Waals surface area (Å²) >= 11 is 1.32. The molecule has 2 aromatic rings. The SMILES string of the molecule is CC[C@@H]1CCCN1Cc1sc(CC(C)=O)nc1-c1cc(F)cc(C(F)(F)F)c1. The van der Waals surface area contributed by atoms with Gasteiger partial charge in [-0.2, -0.15) is 13.2 Å². The molecule has 0 unspecified atom stereocenters. The Kier molecular flexibility index (Phi) is 6.19. The first kappa shape index (κ1) is 20.9. The number of thiazole rings is 1. The van der Waals surface area contributed by atoms with Gasteiger partial charge in [0.25, 0.3) is 0 Å². The van der Waals surface area contributed by atoms with Gasteiger partial charge in [-0.1, -0.05) is 6.92 Å². The Balaban J connectivity index is 2.02. The Hall–Kier alpha value is -1.80. The monoisotopic (exact) mass is 414 g/mol. The molecule has 1 aromatic carbocycles. The number of rotatable bonds is 6. The molecule has 0 saturated carbocycles. The highest BCUT2D eigenvalue weighted by molar-refractivity contribution is 7.12. The molecule has 0 aliphatic carbocycles. The third-order valence-corrected chi connectivity index (χ3v) is 6.00. The van der Waals surface area contributed by atoms with Crippen LogP contribution in [-0.4, -0.2) is 28.3 Å². The summed E-state index contributed by atoms with van der Waals surface area (Å²) in [4.78, 5) is 19.0. The van der Waals surface area contributed by atoms with Crippen LogP contribution in [0.3, 0.4) is 0 Å². The summed E-state index contributed by atoms with van der Waals surface area (Å²) in [6.45, 7) is 5.01. The highest BCUT2D eigenvalue weighted by Crippen LogP contribution is 2.36. The van der Waals surface area contributed by atoms with E-state index in [0.29, 0.717) is 29.4 Å². The van der Waals surface area contributed by atoms with Gasteiger partial charge >= 0.3 is 6.18 Å². The minimum absolute atomic E-state index is 0.0744. The van der Waals surface area contributed by atoms with Gasteiger partial charge in [0.2, 0.25) is 0 Å². The number of benzene rings is 1. The summed E-state index contributed by atoms with van der Waals surface area (Å²) in [5.41, 5.74) is -0.601. The van der Waals surface area contributed by atoms with Gasteiger partial charge in [-0.25, -0.2) is 9.37 Å². The van der Waals surface area contributed by atoms with Crippen molar-refractivity contribution in [1.29, 1.82) is 0 Å². The van der Waals surface area contributed by atoms with Gasteiger partial charge in [0.15, 0.2) is 0 Å². The van der Waals surface area contributed by atoms with Crippen molar-refractivity contribution in [2.24, 2.45) is 0 Å². The van der Waals surface area contributed by atoms with Gasteiger partial charge in [0.05, 0.1) is 17.7 Å². The van der Waals surface area contributed by atoms with Crippen molar-refractivity contribution in [3.63, 3.8) is 0 Å². The van der Waals surface area contributed by atoms with E-state index in [1.807, 2.05) is 0 Å². The van der Waals surface area contributed by atoms with Gasteiger partial charge in [-0.15, -0.1) is 11.3 Å². The number of alkyl halides is 3. The number of hydrogen-bond donors (Lipinski definition) is 0. The summed E-state index contributed by atoms with van der Waals surface area (Å²) in [7, 11) is 0. The topological polar surface area (TPSA) is 33.2 Å². The number of Topliss-reactive ketones (excluding diaryl/α,β-unsaturated/α-hetero) is 1. The average molecular weight is 414 g/mol. The lowest BCUT2D eigenvalue weighted by Gasteiger charge is -2.23. The minimum atomic E-state index is -4.64. The molecule has 1 aliphatic rings. The molecule has 2 heterocycles. The number of hydrogen-bond acceptors (Lipinski definition) is 4. The zero-order chi connectivity index (χ0) is 20.5. The summed E-state index contributed by atoms with van der Waals surface area (Å²) < 4.78 is 53.3. The van der Waals surface area contributed by atoms with Gasteiger partial charge in [-0.05, 0) is 50.9 Å². The molecule has 0 amide bonds. The Labute approximate surface area is 165 Å². The van der Waals surface area contributed by atoms with E-state index in [-0.39, 0.29) is 17.8 Å². The fourth-order valence-electron chi connectivity index (χ4n) is 3.66. The zero-order valence-corrected chi connectivity index (χ0v) is 16.6. The highest BCUT2D eigenvalue weighted by atomic mass is 32.1. The van der Waals surface area contributed by atoms with Crippen molar-refractivity contribution in [1.82, 2.24) is 9.88 Å². The summed E-state index contributed by atoms with van der Waals surface area (Å²) in [6.07, 6.45) is -1.37. The van der Waals surface area contributed by atoms with E-state index in [2.05, 4.69) is 16.8 Å². The second-order valence-corrected chi connectivity index (χ2v) is 8.33. The summed E-state index contributed by atoms with van der Waals surface area (Å²) in [6, 6.07) is 2.91. The molecule has 1 aliphatic heterocycles. The standard InChI is InChI=1S/C20H22F4N2OS/c1-3-16-5-4-6-26(16)11-17-19(25-18(28-17)7-12(2)27)13-8-14(20(22,23)24)10-15(21)9-13/h8-10,16H,3-7,11H2,1-2H3/t16-/m1/s1. The van der Waals surface area contributed by atoms with Crippen LogP contribution in [0.2, 0.25) is 0 Å². The molecule has 1 fully saturated rings. The predicted molar refractivity (Wildman–Crippen MR) is 101 cm³/mol. The van der Waals surface area contributed by atoms with Crippen LogP contribution in [0.4, 0.5) is 17.6 Å². The number of carbonyl (C=O) groups excluding carboxylic acids is 1. The minimum Gasteiger partial charge on any atom is -0.300 e. The van der Waals surface area contributed by atoms with Gasteiger partial charge < -0.3 is 0 Å². The number of likely N-dealkylation sites (tertiary alicyclic amines) is 1. The molecular weight excluding hydrogens is 392 g/mol. The van der Waals surface area contributed by atoms with E-state index in [0.717, 1.165) is 42.8 Å². The molecule has 8 heteroatoms.